The predicted octanol–water partition coefficient (Wildman–Crippen LogP) is 4.08. The lowest BCUT2D eigenvalue weighted by Crippen LogP contribution is -2.26. The molecule has 3 aromatic rings. The second-order valence-corrected chi connectivity index (χ2v) is 6.63. The number of benzene rings is 2. The molecule has 1 amide bonds. The lowest BCUT2D eigenvalue weighted by atomic mass is 10.1. The van der Waals surface area contributed by atoms with Gasteiger partial charge in [0.25, 0.3) is 0 Å². The van der Waals surface area contributed by atoms with E-state index in [9.17, 15) is 4.79 Å². The molecule has 4 heteroatoms. The van der Waals surface area contributed by atoms with E-state index in [4.69, 9.17) is 0 Å². The molecule has 0 aliphatic carbocycles. The van der Waals surface area contributed by atoms with Crippen molar-refractivity contribution >= 4 is 5.91 Å². The summed E-state index contributed by atoms with van der Waals surface area (Å²) in [4.78, 5) is 14.3. The van der Waals surface area contributed by atoms with Crippen LogP contribution in [-0.2, 0) is 17.8 Å². The minimum Gasteiger partial charge on any atom is -0.341 e. The molecule has 0 aliphatic heterocycles. The molecule has 0 fully saturated rings. The number of hydrogen-bond acceptors (Lipinski definition) is 2. The normalized spacial score (nSPS) is 10.7. The van der Waals surface area contributed by atoms with Gasteiger partial charge in [0.05, 0.1) is 11.4 Å². The number of aromatic nitrogens is 2. The molecule has 0 radical (unpaired) electrons. The summed E-state index contributed by atoms with van der Waals surface area (Å²) in [6.07, 6.45) is 1.29. The molecule has 26 heavy (non-hydrogen) atoms. The molecule has 0 saturated heterocycles. The minimum absolute atomic E-state index is 0.153. The third-order valence-corrected chi connectivity index (χ3v) is 4.73. The van der Waals surface area contributed by atoms with E-state index in [2.05, 4.69) is 24.2 Å². The number of nitrogens with zero attached hydrogens (tertiary/aromatic N) is 3. The molecule has 0 unspecified atom stereocenters. The number of carbonyl (C=O) groups is 1. The van der Waals surface area contributed by atoms with Gasteiger partial charge in [0.2, 0.25) is 5.91 Å². The third-order valence-electron chi connectivity index (χ3n) is 4.73. The summed E-state index contributed by atoms with van der Waals surface area (Å²) in [6, 6.07) is 20.2. The molecule has 134 valence electrons. The molecule has 1 heterocycles. The largest absolute Gasteiger partial charge is 0.341 e. The van der Waals surface area contributed by atoms with E-state index >= 15 is 0 Å². The molecule has 3 rings (SSSR count). The number of aryl methyl sites for hydroxylation is 2. The Labute approximate surface area is 155 Å². The first kappa shape index (κ1) is 17.9. The van der Waals surface area contributed by atoms with Crippen molar-refractivity contribution in [3.05, 3.63) is 83.2 Å². The lowest BCUT2D eigenvalue weighted by Gasteiger charge is -2.17. The Hall–Kier alpha value is -2.88. The summed E-state index contributed by atoms with van der Waals surface area (Å²) in [5.74, 6) is 0.153. The molecule has 0 atom stereocenters. The van der Waals surface area contributed by atoms with Crippen LogP contribution in [-0.4, -0.2) is 27.6 Å². The van der Waals surface area contributed by atoms with E-state index < -0.39 is 0 Å². The Morgan fingerprint density at radius 1 is 1.00 bits per heavy atom. The lowest BCUT2D eigenvalue weighted by molar-refractivity contribution is -0.130. The SMILES string of the molecule is Cc1nn(-c2ccccc2)c(C)c1CN(C)C(=O)CCc1ccccc1. The van der Waals surface area contributed by atoms with E-state index in [1.165, 1.54) is 5.56 Å². The van der Waals surface area contributed by atoms with Gasteiger partial charge in [-0.3, -0.25) is 4.79 Å². The van der Waals surface area contributed by atoms with Crippen LogP contribution in [0.25, 0.3) is 5.69 Å². The van der Waals surface area contributed by atoms with Gasteiger partial charge in [0.15, 0.2) is 0 Å². The zero-order valence-corrected chi connectivity index (χ0v) is 15.6. The molecule has 0 spiro atoms. The second kappa shape index (κ2) is 8.00. The Kier molecular flexibility index (Phi) is 5.52. The van der Waals surface area contributed by atoms with Crippen LogP contribution in [0.5, 0.6) is 0 Å². The van der Waals surface area contributed by atoms with Crippen molar-refractivity contribution in [2.24, 2.45) is 0 Å². The zero-order chi connectivity index (χ0) is 18.5. The van der Waals surface area contributed by atoms with Gasteiger partial charge in [-0.15, -0.1) is 0 Å². The average Bonchev–Trinajstić information content (AvgIpc) is 2.95. The van der Waals surface area contributed by atoms with Crippen LogP contribution in [0.15, 0.2) is 60.7 Å². The Bertz CT molecular complexity index is 869. The summed E-state index contributed by atoms with van der Waals surface area (Å²) in [5.41, 5.74) is 5.39. The van der Waals surface area contributed by atoms with Gasteiger partial charge in [-0.05, 0) is 38.0 Å². The monoisotopic (exact) mass is 347 g/mol. The highest BCUT2D eigenvalue weighted by atomic mass is 16.2. The average molecular weight is 347 g/mol. The van der Waals surface area contributed by atoms with Crippen molar-refractivity contribution in [3.8, 4) is 5.69 Å². The van der Waals surface area contributed by atoms with E-state index in [1.807, 2.05) is 67.2 Å². The minimum atomic E-state index is 0.153. The third kappa shape index (κ3) is 4.02. The Balaban J connectivity index is 1.68. The van der Waals surface area contributed by atoms with E-state index in [0.29, 0.717) is 13.0 Å². The van der Waals surface area contributed by atoms with Crippen molar-refractivity contribution in [1.82, 2.24) is 14.7 Å². The maximum Gasteiger partial charge on any atom is 0.222 e. The van der Waals surface area contributed by atoms with Crippen LogP contribution in [0.3, 0.4) is 0 Å². The standard InChI is InChI=1S/C22H25N3O/c1-17-21(18(2)25(23-17)20-12-8-5-9-13-20)16-24(3)22(26)15-14-19-10-6-4-7-11-19/h4-13H,14-16H2,1-3H3. The first-order chi connectivity index (χ1) is 12.6. The van der Waals surface area contributed by atoms with Crippen molar-refractivity contribution in [2.75, 3.05) is 7.05 Å². The van der Waals surface area contributed by atoms with Gasteiger partial charge in [0, 0.05) is 31.3 Å². The molecular weight excluding hydrogens is 322 g/mol. The van der Waals surface area contributed by atoms with Gasteiger partial charge in [-0.2, -0.15) is 5.10 Å². The van der Waals surface area contributed by atoms with Crippen LogP contribution >= 0.6 is 0 Å². The molecule has 0 aliphatic rings. The first-order valence-corrected chi connectivity index (χ1v) is 8.94. The highest BCUT2D eigenvalue weighted by Crippen LogP contribution is 2.19. The molecule has 0 bridgehead atoms. The number of carbonyl (C=O) groups excluding carboxylic acids is 1. The van der Waals surface area contributed by atoms with Crippen LogP contribution < -0.4 is 0 Å². The van der Waals surface area contributed by atoms with Gasteiger partial charge < -0.3 is 4.90 Å². The fraction of sp³-hybridized carbons (Fsp3) is 0.273. The van der Waals surface area contributed by atoms with Crippen molar-refractivity contribution < 1.29 is 4.79 Å². The molecule has 0 N–H and O–H groups in total. The van der Waals surface area contributed by atoms with Gasteiger partial charge in [-0.1, -0.05) is 48.5 Å². The number of hydrogen-bond donors (Lipinski definition) is 0. The van der Waals surface area contributed by atoms with Crippen molar-refractivity contribution in [2.45, 2.75) is 33.2 Å². The maximum atomic E-state index is 12.5. The Morgan fingerprint density at radius 2 is 1.62 bits per heavy atom. The summed E-state index contributed by atoms with van der Waals surface area (Å²) < 4.78 is 1.95. The first-order valence-electron chi connectivity index (χ1n) is 8.94. The quantitative estimate of drug-likeness (QED) is 0.674. The fourth-order valence-corrected chi connectivity index (χ4v) is 3.14. The van der Waals surface area contributed by atoms with E-state index in [0.717, 1.165) is 29.1 Å². The highest BCUT2D eigenvalue weighted by Gasteiger charge is 2.17. The maximum absolute atomic E-state index is 12.5. The molecule has 0 saturated carbocycles. The smallest absolute Gasteiger partial charge is 0.222 e. The highest BCUT2D eigenvalue weighted by molar-refractivity contribution is 5.76. The summed E-state index contributed by atoms with van der Waals surface area (Å²) in [5, 5.41) is 4.67. The zero-order valence-electron chi connectivity index (χ0n) is 15.6. The van der Waals surface area contributed by atoms with Gasteiger partial charge in [-0.25, -0.2) is 4.68 Å². The number of rotatable bonds is 6. The summed E-state index contributed by atoms with van der Waals surface area (Å²) in [6.45, 7) is 4.65. The molecular formula is C22H25N3O. The topological polar surface area (TPSA) is 38.1 Å². The van der Waals surface area contributed by atoms with Gasteiger partial charge >= 0.3 is 0 Å². The molecule has 1 aromatic heterocycles. The van der Waals surface area contributed by atoms with E-state index in [-0.39, 0.29) is 5.91 Å². The second-order valence-electron chi connectivity index (χ2n) is 6.63. The van der Waals surface area contributed by atoms with Gasteiger partial charge in [0.1, 0.15) is 0 Å². The van der Waals surface area contributed by atoms with E-state index in [1.54, 1.807) is 4.90 Å². The molecule has 4 nitrogen and oxygen atoms in total. The van der Waals surface area contributed by atoms with Crippen LogP contribution in [0.1, 0.15) is 28.9 Å². The Morgan fingerprint density at radius 3 is 2.27 bits per heavy atom. The number of amides is 1. The van der Waals surface area contributed by atoms with Crippen molar-refractivity contribution in [1.29, 1.82) is 0 Å². The molecule has 2 aromatic carbocycles. The van der Waals surface area contributed by atoms with Crippen LogP contribution in [0.4, 0.5) is 0 Å². The predicted molar refractivity (Wildman–Crippen MR) is 104 cm³/mol. The summed E-state index contributed by atoms with van der Waals surface area (Å²) in [7, 11) is 1.87. The van der Waals surface area contributed by atoms with Crippen LogP contribution in [0.2, 0.25) is 0 Å². The number of para-hydroxylation sites is 1. The van der Waals surface area contributed by atoms with Crippen molar-refractivity contribution in [3.63, 3.8) is 0 Å². The summed E-state index contributed by atoms with van der Waals surface area (Å²) >= 11 is 0. The fourth-order valence-electron chi connectivity index (χ4n) is 3.14. The van der Waals surface area contributed by atoms with Crippen LogP contribution in [0, 0.1) is 13.8 Å².